The van der Waals surface area contributed by atoms with Gasteiger partial charge in [0, 0.05) is 26.0 Å². The second kappa shape index (κ2) is 5.32. The van der Waals surface area contributed by atoms with E-state index < -0.39 is 0 Å². The maximum Gasteiger partial charge on any atom is 0.0631 e. The highest BCUT2D eigenvalue weighted by atomic mass is 79.9. The predicted octanol–water partition coefficient (Wildman–Crippen LogP) is 4.83. The molecule has 0 aromatic heterocycles. The lowest BCUT2D eigenvalue weighted by Gasteiger charge is -2.17. The third-order valence-corrected chi connectivity index (χ3v) is 5.34. The molecule has 0 spiro atoms. The van der Waals surface area contributed by atoms with E-state index >= 15 is 0 Å². The molecule has 0 radical (unpaired) electrons. The summed E-state index contributed by atoms with van der Waals surface area (Å²) in [7, 11) is 0. The van der Waals surface area contributed by atoms with E-state index in [4.69, 9.17) is 0 Å². The molecule has 1 aliphatic heterocycles. The summed E-state index contributed by atoms with van der Waals surface area (Å²) >= 11 is 9.29. The van der Waals surface area contributed by atoms with Crippen LogP contribution in [0.1, 0.15) is 18.9 Å². The van der Waals surface area contributed by atoms with Gasteiger partial charge in [0.05, 0.1) is 5.69 Å². The fourth-order valence-electron chi connectivity index (χ4n) is 1.96. The topological polar surface area (TPSA) is 12.0 Å². The molecule has 1 fully saturated rings. The first-order valence-corrected chi connectivity index (χ1v) is 8.03. The number of hydrogen-bond acceptors (Lipinski definition) is 2. The highest BCUT2D eigenvalue weighted by Crippen LogP contribution is 2.35. The molecule has 0 aliphatic carbocycles. The lowest BCUT2D eigenvalue weighted by atomic mass is 10.1. The Balaban J connectivity index is 2.15. The van der Waals surface area contributed by atoms with Gasteiger partial charge in [0.2, 0.25) is 0 Å². The molecule has 2 atom stereocenters. The smallest absolute Gasteiger partial charge is 0.0631 e. The molecule has 4 heteroatoms. The van der Waals surface area contributed by atoms with Crippen molar-refractivity contribution in [2.45, 2.75) is 31.6 Å². The van der Waals surface area contributed by atoms with Crippen molar-refractivity contribution in [3.63, 3.8) is 0 Å². The first-order chi connectivity index (χ1) is 7.56. The third kappa shape index (κ3) is 2.96. The van der Waals surface area contributed by atoms with E-state index in [1.165, 1.54) is 23.4 Å². The number of hydrogen-bond donors (Lipinski definition) is 1. The molecule has 1 aromatic carbocycles. The van der Waals surface area contributed by atoms with Crippen molar-refractivity contribution in [3.8, 4) is 0 Å². The van der Waals surface area contributed by atoms with Gasteiger partial charge in [-0.2, -0.15) is 11.8 Å². The Morgan fingerprint density at radius 3 is 2.44 bits per heavy atom. The Bertz CT molecular complexity index is 372. The molecule has 88 valence electrons. The number of benzene rings is 1. The molecule has 1 aromatic rings. The van der Waals surface area contributed by atoms with Gasteiger partial charge < -0.3 is 5.32 Å². The molecule has 1 N–H and O–H groups in total. The van der Waals surface area contributed by atoms with E-state index in [0.29, 0.717) is 6.04 Å². The van der Waals surface area contributed by atoms with E-state index in [0.717, 1.165) is 14.2 Å². The number of thioether (sulfide) groups is 1. The van der Waals surface area contributed by atoms with Gasteiger partial charge in [-0.15, -0.1) is 0 Å². The molecule has 2 unspecified atom stereocenters. The van der Waals surface area contributed by atoms with Gasteiger partial charge in [0.25, 0.3) is 0 Å². The van der Waals surface area contributed by atoms with Crippen molar-refractivity contribution in [1.82, 2.24) is 0 Å². The number of halogens is 2. The molecule has 0 saturated carbocycles. The summed E-state index contributed by atoms with van der Waals surface area (Å²) in [6.45, 7) is 4.40. The number of rotatable bonds is 2. The Morgan fingerprint density at radius 2 is 1.94 bits per heavy atom. The minimum absolute atomic E-state index is 0.593. The zero-order chi connectivity index (χ0) is 11.7. The Kier molecular flexibility index (Phi) is 4.25. The van der Waals surface area contributed by atoms with E-state index in [9.17, 15) is 0 Å². The summed E-state index contributed by atoms with van der Waals surface area (Å²) in [5, 5.41) is 4.40. The molecule has 1 heterocycles. The van der Waals surface area contributed by atoms with Crippen LogP contribution in [0.2, 0.25) is 0 Å². The van der Waals surface area contributed by atoms with Crippen molar-refractivity contribution in [1.29, 1.82) is 0 Å². The maximum atomic E-state index is 3.62. The fraction of sp³-hybridized carbons (Fsp3) is 0.500. The second-order valence-electron chi connectivity index (χ2n) is 4.32. The zero-order valence-electron chi connectivity index (χ0n) is 9.39. The van der Waals surface area contributed by atoms with Crippen LogP contribution in [0.4, 0.5) is 5.69 Å². The Hall–Kier alpha value is 0.330. The summed E-state index contributed by atoms with van der Waals surface area (Å²) in [6, 6.07) is 4.90. The lowest BCUT2D eigenvalue weighted by Crippen LogP contribution is -2.19. The van der Waals surface area contributed by atoms with Gasteiger partial charge in [0.1, 0.15) is 0 Å². The number of anilines is 1. The van der Waals surface area contributed by atoms with Crippen molar-refractivity contribution < 1.29 is 0 Å². The Labute approximate surface area is 118 Å². The van der Waals surface area contributed by atoms with Crippen LogP contribution in [0, 0.1) is 6.92 Å². The van der Waals surface area contributed by atoms with Crippen molar-refractivity contribution in [2.24, 2.45) is 0 Å². The summed E-state index contributed by atoms with van der Waals surface area (Å²) in [5.74, 6) is 1.20. The summed E-state index contributed by atoms with van der Waals surface area (Å²) in [6.07, 6.45) is 1.25. The van der Waals surface area contributed by atoms with Crippen LogP contribution in [0.25, 0.3) is 0 Å². The van der Waals surface area contributed by atoms with E-state index in [2.05, 4.69) is 63.2 Å². The fourth-order valence-corrected chi connectivity index (χ4v) is 4.75. The number of nitrogens with one attached hydrogen (secondary N) is 1. The van der Waals surface area contributed by atoms with E-state index in [-0.39, 0.29) is 0 Å². The van der Waals surface area contributed by atoms with Crippen molar-refractivity contribution in [2.75, 3.05) is 11.1 Å². The first kappa shape index (κ1) is 12.8. The van der Waals surface area contributed by atoms with Gasteiger partial charge in [0.15, 0.2) is 0 Å². The minimum Gasteiger partial charge on any atom is -0.380 e. The normalized spacial score (nSPS) is 24.8. The first-order valence-electron chi connectivity index (χ1n) is 5.40. The van der Waals surface area contributed by atoms with Crippen LogP contribution in [-0.4, -0.2) is 17.0 Å². The average molecular weight is 365 g/mol. The minimum atomic E-state index is 0.593. The van der Waals surface area contributed by atoms with Crippen molar-refractivity contribution >= 4 is 49.3 Å². The van der Waals surface area contributed by atoms with Gasteiger partial charge >= 0.3 is 0 Å². The summed E-state index contributed by atoms with van der Waals surface area (Å²) < 4.78 is 2.29. The molecule has 0 amide bonds. The molecule has 1 nitrogen and oxygen atoms in total. The summed E-state index contributed by atoms with van der Waals surface area (Å²) in [4.78, 5) is 0. The molecular weight excluding hydrogens is 350 g/mol. The second-order valence-corrected chi connectivity index (χ2v) is 7.50. The SMILES string of the molecule is Cc1cc(Br)c(NC2CSC(C)C2)c(Br)c1. The maximum absolute atomic E-state index is 3.62. The van der Waals surface area contributed by atoms with Gasteiger partial charge in [-0.1, -0.05) is 6.92 Å². The number of aryl methyl sites for hydroxylation is 1. The van der Waals surface area contributed by atoms with Crippen molar-refractivity contribution in [3.05, 3.63) is 26.6 Å². The molecule has 2 rings (SSSR count). The molecule has 0 bridgehead atoms. The summed E-state index contributed by atoms with van der Waals surface area (Å²) in [5.41, 5.74) is 2.45. The Morgan fingerprint density at radius 1 is 1.31 bits per heavy atom. The van der Waals surface area contributed by atoms with Crippen LogP contribution in [0.3, 0.4) is 0 Å². The monoisotopic (exact) mass is 363 g/mol. The van der Waals surface area contributed by atoms with Gasteiger partial charge in [-0.05, 0) is 62.9 Å². The van der Waals surface area contributed by atoms with Gasteiger partial charge in [-0.3, -0.25) is 0 Å². The van der Waals surface area contributed by atoms with Crippen LogP contribution in [0.5, 0.6) is 0 Å². The van der Waals surface area contributed by atoms with Crippen LogP contribution >= 0.6 is 43.6 Å². The van der Waals surface area contributed by atoms with E-state index in [1.807, 2.05) is 11.8 Å². The standard InChI is InChI=1S/C12H15Br2NS/c1-7-3-10(13)12(11(14)4-7)15-9-5-8(2)16-6-9/h3-4,8-9,15H,5-6H2,1-2H3. The van der Waals surface area contributed by atoms with E-state index in [1.54, 1.807) is 0 Å². The predicted molar refractivity (Wildman–Crippen MR) is 80.5 cm³/mol. The third-order valence-electron chi connectivity index (χ3n) is 2.73. The zero-order valence-corrected chi connectivity index (χ0v) is 13.4. The highest BCUT2D eigenvalue weighted by Gasteiger charge is 2.22. The average Bonchev–Trinajstić information content (AvgIpc) is 2.58. The van der Waals surface area contributed by atoms with Crippen LogP contribution in [-0.2, 0) is 0 Å². The largest absolute Gasteiger partial charge is 0.380 e. The van der Waals surface area contributed by atoms with Crippen LogP contribution < -0.4 is 5.32 Å². The van der Waals surface area contributed by atoms with Crippen LogP contribution in [0.15, 0.2) is 21.1 Å². The molecule has 16 heavy (non-hydrogen) atoms. The lowest BCUT2D eigenvalue weighted by molar-refractivity contribution is 0.746. The quantitative estimate of drug-likeness (QED) is 0.806. The molecular formula is C12H15Br2NS. The molecule has 1 saturated heterocycles. The van der Waals surface area contributed by atoms with Gasteiger partial charge in [-0.25, -0.2) is 0 Å². The highest BCUT2D eigenvalue weighted by molar-refractivity contribution is 9.11. The molecule has 1 aliphatic rings.